The van der Waals surface area contributed by atoms with Crippen LogP contribution in [0.2, 0.25) is 0 Å². The molecule has 1 aromatic carbocycles. The van der Waals surface area contributed by atoms with E-state index in [4.69, 9.17) is 5.11 Å². The minimum atomic E-state index is -1.07. The molecule has 7 nitrogen and oxygen atoms in total. The lowest BCUT2D eigenvalue weighted by atomic mass is 10.1. The molecule has 0 aromatic heterocycles. The maximum Gasteiger partial charge on any atom is 0.335 e. The molecule has 7 heteroatoms. The van der Waals surface area contributed by atoms with E-state index in [2.05, 4.69) is 10.6 Å². The maximum absolute atomic E-state index is 11.8. The van der Waals surface area contributed by atoms with E-state index < -0.39 is 18.0 Å². The van der Waals surface area contributed by atoms with Gasteiger partial charge in [-0.15, -0.1) is 0 Å². The van der Waals surface area contributed by atoms with Gasteiger partial charge in [-0.25, -0.2) is 9.59 Å². The normalized spacial score (nSPS) is 11.4. The summed E-state index contributed by atoms with van der Waals surface area (Å²) in [6.07, 6.45) is 0. The summed E-state index contributed by atoms with van der Waals surface area (Å²) < 4.78 is 0. The number of carboxylic acids is 1. The molecule has 0 aliphatic heterocycles. The third-order valence-electron chi connectivity index (χ3n) is 2.89. The number of carbonyl (C=O) groups is 3. The standard InChI is InChI=1S/C14H19N3O4/c1-8-5-6-10(13(19)20)7-11(8)16-14(21)15-9(2)12(18)17(3)4/h5-7,9H,1-4H3,(H,19,20)(H2,15,16,21). The summed E-state index contributed by atoms with van der Waals surface area (Å²) in [5.74, 6) is -1.31. The maximum atomic E-state index is 11.8. The van der Waals surface area contributed by atoms with Crippen LogP contribution in [0.25, 0.3) is 0 Å². The van der Waals surface area contributed by atoms with Crippen LogP contribution in [0, 0.1) is 6.92 Å². The van der Waals surface area contributed by atoms with Crippen LogP contribution in [0.3, 0.4) is 0 Å². The number of nitrogens with one attached hydrogen (secondary N) is 2. The number of carboxylic acid groups (broad SMARTS) is 1. The van der Waals surface area contributed by atoms with Crippen LogP contribution in [-0.2, 0) is 4.79 Å². The first kappa shape index (κ1) is 16.5. The lowest BCUT2D eigenvalue weighted by Gasteiger charge is -2.18. The molecule has 1 aromatic rings. The van der Waals surface area contributed by atoms with E-state index in [1.807, 2.05) is 0 Å². The first-order valence-electron chi connectivity index (χ1n) is 6.35. The number of urea groups is 1. The second kappa shape index (κ2) is 6.74. The first-order valence-corrected chi connectivity index (χ1v) is 6.35. The van der Waals surface area contributed by atoms with Crippen molar-refractivity contribution < 1.29 is 19.5 Å². The number of likely N-dealkylation sites (N-methyl/N-ethyl adjacent to an activating group) is 1. The van der Waals surface area contributed by atoms with Crippen molar-refractivity contribution in [2.24, 2.45) is 0 Å². The van der Waals surface area contributed by atoms with Crippen molar-refractivity contribution in [3.05, 3.63) is 29.3 Å². The number of amides is 3. The Kier molecular flexibility index (Phi) is 5.29. The Morgan fingerprint density at radius 1 is 1.24 bits per heavy atom. The zero-order valence-electron chi connectivity index (χ0n) is 12.4. The minimum absolute atomic E-state index is 0.0771. The highest BCUT2D eigenvalue weighted by molar-refractivity contribution is 5.96. The Balaban J connectivity index is 2.77. The minimum Gasteiger partial charge on any atom is -0.478 e. The molecule has 114 valence electrons. The summed E-state index contributed by atoms with van der Waals surface area (Å²) >= 11 is 0. The average Bonchev–Trinajstić information content (AvgIpc) is 2.39. The highest BCUT2D eigenvalue weighted by Gasteiger charge is 2.17. The van der Waals surface area contributed by atoms with E-state index in [0.29, 0.717) is 5.69 Å². The number of nitrogens with zero attached hydrogens (tertiary/aromatic N) is 1. The number of carbonyl (C=O) groups excluding carboxylic acids is 2. The Labute approximate surface area is 122 Å². The van der Waals surface area contributed by atoms with Crippen molar-refractivity contribution in [3.8, 4) is 0 Å². The van der Waals surface area contributed by atoms with Crippen LogP contribution in [0.1, 0.15) is 22.8 Å². The van der Waals surface area contributed by atoms with Crippen LogP contribution in [0.15, 0.2) is 18.2 Å². The van der Waals surface area contributed by atoms with Crippen molar-refractivity contribution in [1.29, 1.82) is 0 Å². The van der Waals surface area contributed by atoms with Gasteiger partial charge >= 0.3 is 12.0 Å². The molecule has 1 unspecified atom stereocenters. The third-order valence-corrected chi connectivity index (χ3v) is 2.89. The van der Waals surface area contributed by atoms with Gasteiger partial charge in [0.05, 0.1) is 5.56 Å². The zero-order chi connectivity index (χ0) is 16.2. The van der Waals surface area contributed by atoms with E-state index in [0.717, 1.165) is 5.56 Å². The predicted molar refractivity (Wildman–Crippen MR) is 78.4 cm³/mol. The second-order valence-electron chi connectivity index (χ2n) is 4.89. The van der Waals surface area contributed by atoms with Gasteiger partial charge in [0.15, 0.2) is 0 Å². The van der Waals surface area contributed by atoms with Crippen molar-refractivity contribution in [2.75, 3.05) is 19.4 Å². The van der Waals surface area contributed by atoms with Gasteiger partial charge in [-0.2, -0.15) is 0 Å². The number of rotatable bonds is 4. The number of hydrogen-bond acceptors (Lipinski definition) is 3. The molecule has 1 rings (SSSR count). The molecule has 0 aliphatic carbocycles. The van der Waals surface area contributed by atoms with Crippen LogP contribution in [0.4, 0.5) is 10.5 Å². The average molecular weight is 293 g/mol. The van der Waals surface area contributed by atoms with Crippen LogP contribution in [0.5, 0.6) is 0 Å². The van der Waals surface area contributed by atoms with Gasteiger partial charge in [0.1, 0.15) is 6.04 Å². The summed E-state index contributed by atoms with van der Waals surface area (Å²) in [5, 5.41) is 14.0. The van der Waals surface area contributed by atoms with E-state index >= 15 is 0 Å². The zero-order valence-corrected chi connectivity index (χ0v) is 12.4. The Hall–Kier alpha value is -2.57. The predicted octanol–water partition coefficient (Wildman–Crippen LogP) is 1.29. The Morgan fingerprint density at radius 2 is 1.86 bits per heavy atom. The molecular weight excluding hydrogens is 274 g/mol. The fraction of sp³-hybridized carbons (Fsp3) is 0.357. The van der Waals surface area contributed by atoms with Crippen LogP contribution >= 0.6 is 0 Å². The number of anilines is 1. The number of aryl methyl sites for hydroxylation is 1. The van der Waals surface area contributed by atoms with Gasteiger partial charge in [-0.1, -0.05) is 6.07 Å². The quantitative estimate of drug-likeness (QED) is 0.779. The number of hydrogen-bond donors (Lipinski definition) is 3. The molecule has 0 fully saturated rings. The summed E-state index contributed by atoms with van der Waals surface area (Å²) in [6.45, 7) is 3.32. The van der Waals surface area contributed by atoms with Gasteiger partial charge in [0, 0.05) is 19.8 Å². The van der Waals surface area contributed by atoms with Gasteiger partial charge in [0.25, 0.3) is 0 Å². The van der Waals surface area contributed by atoms with E-state index in [1.54, 1.807) is 34.0 Å². The number of benzene rings is 1. The molecule has 0 radical (unpaired) electrons. The molecule has 1 atom stereocenters. The smallest absolute Gasteiger partial charge is 0.335 e. The van der Waals surface area contributed by atoms with Crippen LogP contribution < -0.4 is 10.6 Å². The monoisotopic (exact) mass is 293 g/mol. The van der Waals surface area contributed by atoms with Crippen molar-refractivity contribution in [3.63, 3.8) is 0 Å². The summed E-state index contributed by atoms with van der Waals surface area (Å²) in [7, 11) is 3.19. The molecule has 0 bridgehead atoms. The molecule has 0 heterocycles. The third kappa shape index (κ3) is 4.48. The highest BCUT2D eigenvalue weighted by Crippen LogP contribution is 2.16. The molecule has 0 aliphatic rings. The van der Waals surface area contributed by atoms with Crippen molar-refractivity contribution >= 4 is 23.6 Å². The van der Waals surface area contributed by atoms with Crippen LogP contribution in [-0.4, -0.2) is 48.1 Å². The van der Waals surface area contributed by atoms with E-state index in [-0.39, 0.29) is 11.5 Å². The fourth-order valence-corrected chi connectivity index (χ4v) is 1.69. The van der Waals surface area contributed by atoms with E-state index in [1.165, 1.54) is 17.0 Å². The SMILES string of the molecule is Cc1ccc(C(=O)O)cc1NC(=O)NC(C)C(=O)N(C)C. The molecule has 21 heavy (non-hydrogen) atoms. The molecular formula is C14H19N3O4. The first-order chi connectivity index (χ1) is 9.72. The summed E-state index contributed by atoms with van der Waals surface area (Å²) in [5.41, 5.74) is 1.19. The van der Waals surface area contributed by atoms with Gasteiger partial charge in [-0.3, -0.25) is 4.79 Å². The molecule has 0 saturated carbocycles. The fourth-order valence-electron chi connectivity index (χ4n) is 1.69. The van der Waals surface area contributed by atoms with E-state index in [9.17, 15) is 14.4 Å². The van der Waals surface area contributed by atoms with Gasteiger partial charge in [-0.05, 0) is 31.5 Å². The molecule has 0 saturated heterocycles. The molecule has 3 amide bonds. The summed E-state index contributed by atoms with van der Waals surface area (Å²) in [6, 6.07) is 3.19. The lowest BCUT2D eigenvalue weighted by Crippen LogP contribution is -2.45. The summed E-state index contributed by atoms with van der Waals surface area (Å²) in [4.78, 5) is 35.8. The topological polar surface area (TPSA) is 98.7 Å². The van der Waals surface area contributed by atoms with Gasteiger partial charge in [0.2, 0.25) is 5.91 Å². The molecule has 3 N–H and O–H groups in total. The Bertz CT molecular complexity index is 569. The molecule has 0 spiro atoms. The second-order valence-corrected chi connectivity index (χ2v) is 4.89. The van der Waals surface area contributed by atoms with Crippen molar-refractivity contribution in [1.82, 2.24) is 10.2 Å². The largest absolute Gasteiger partial charge is 0.478 e. The lowest BCUT2D eigenvalue weighted by molar-refractivity contribution is -0.130. The highest BCUT2D eigenvalue weighted by atomic mass is 16.4. The Morgan fingerprint density at radius 3 is 2.38 bits per heavy atom. The van der Waals surface area contributed by atoms with Crippen molar-refractivity contribution in [2.45, 2.75) is 19.9 Å². The van der Waals surface area contributed by atoms with Gasteiger partial charge < -0.3 is 20.6 Å². The number of aromatic carboxylic acids is 1.